The maximum absolute atomic E-state index is 12.6. The van der Waals surface area contributed by atoms with E-state index in [4.69, 9.17) is 0 Å². The molecule has 118 valence electrons. The lowest BCUT2D eigenvalue weighted by Gasteiger charge is -2.11. The summed E-state index contributed by atoms with van der Waals surface area (Å²) in [5.74, 6) is -0.192. The van der Waals surface area contributed by atoms with Gasteiger partial charge in [0.1, 0.15) is 11.4 Å². The minimum absolute atomic E-state index is 0.103. The molecule has 6 nitrogen and oxygen atoms in total. The van der Waals surface area contributed by atoms with Crippen LogP contribution in [0, 0.1) is 0 Å². The predicted molar refractivity (Wildman–Crippen MR) is 88.6 cm³/mol. The maximum Gasteiger partial charge on any atom is 0.276 e. The molecule has 0 radical (unpaired) electrons. The van der Waals surface area contributed by atoms with Gasteiger partial charge in [-0.25, -0.2) is 4.98 Å². The Morgan fingerprint density at radius 3 is 2.83 bits per heavy atom. The molecule has 0 atom stereocenters. The van der Waals surface area contributed by atoms with Gasteiger partial charge < -0.3 is 19.7 Å². The molecular formula is C17H18N4O2. The van der Waals surface area contributed by atoms with Crippen LogP contribution in [0.4, 0.5) is 5.69 Å². The number of phenols is 1. The van der Waals surface area contributed by atoms with E-state index in [1.807, 2.05) is 47.8 Å². The van der Waals surface area contributed by atoms with Crippen molar-refractivity contribution in [2.45, 2.75) is 6.54 Å². The van der Waals surface area contributed by atoms with Crippen molar-refractivity contribution in [3.8, 4) is 5.75 Å². The molecule has 0 saturated carbocycles. The summed E-state index contributed by atoms with van der Waals surface area (Å²) in [6, 6.07) is 12.1. The summed E-state index contributed by atoms with van der Waals surface area (Å²) in [5, 5.41) is 12.3. The van der Waals surface area contributed by atoms with Gasteiger partial charge in [-0.15, -0.1) is 0 Å². The molecule has 2 aromatic heterocycles. The molecule has 0 aliphatic carbocycles. The van der Waals surface area contributed by atoms with Gasteiger partial charge in [-0.1, -0.05) is 12.1 Å². The Labute approximate surface area is 134 Å². The first kappa shape index (κ1) is 15.1. The molecule has 0 aliphatic rings. The van der Waals surface area contributed by atoms with E-state index in [9.17, 15) is 9.90 Å². The Balaban J connectivity index is 1.99. The number of nitrogens with zero attached hydrogens (tertiary/aromatic N) is 3. The van der Waals surface area contributed by atoms with Crippen molar-refractivity contribution in [1.29, 1.82) is 0 Å². The zero-order valence-electron chi connectivity index (χ0n) is 13.0. The fraction of sp³-hybridized carbons (Fsp3) is 0.176. The van der Waals surface area contributed by atoms with Gasteiger partial charge in [-0.05, 0) is 38.4 Å². The van der Waals surface area contributed by atoms with Gasteiger partial charge in [0, 0.05) is 24.5 Å². The molecule has 0 bridgehead atoms. The van der Waals surface area contributed by atoms with Gasteiger partial charge >= 0.3 is 0 Å². The lowest BCUT2D eigenvalue weighted by atomic mass is 10.2. The molecule has 0 saturated heterocycles. The number of amides is 1. The fourth-order valence-electron chi connectivity index (χ4n) is 2.45. The van der Waals surface area contributed by atoms with Crippen molar-refractivity contribution in [3.05, 3.63) is 60.0 Å². The summed E-state index contributed by atoms with van der Waals surface area (Å²) in [7, 11) is 3.89. The third-order valence-electron chi connectivity index (χ3n) is 3.41. The van der Waals surface area contributed by atoms with Gasteiger partial charge in [-0.3, -0.25) is 4.79 Å². The van der Waals surface area contributed by atoms with E-state index in [0.717, 1.165) is 11.3 Å². The van der Waals surface area contributed by atoms with E-state index in [2.05, 4.69) is 10.3 Å². The predicted octanol–water partition coefficient (Wildman–Crippen LogP) is 2.35. The highest BCUT2D eigenvalue weighted by molar-refractivity contribution is 6.04. The highest BCUT2D eigenvalue weighted by atomic mass is 16.3. The van der Waals surface area contributed by atoms with Crippen LogP contribution in [0.25, 0.3) is 5.65 Å². The Morgan fingerprint density at radius 2 is 2.09 bits per heavy atom. The topological polar surface area (TPSA) is 69.9 Å². The maximum atomic E-state index is 12.6. The van der Waals surface area contributed by atoms with Crippen LogP contribution in [-0.4, -0.2) is 39.4 Å². The van der Waals surface area contributed by atoms with E-state index in [-0.39, 0.29) is 11.7 Å². The standard InChI is InChI=1S/C17H18N4O2/c1-20(2)11-14-16(19-15-8-3-4-9-21(14)15)17(23)18-12-6-5-7-13(22)10-12/h3-10,22H,11H2,1-2H3,(H,18,23). The number of benzene rings is 1. The molecule has 3 aromatic rings. The van der Waals surface area contributed by atoms with Crippen LogP contribution >= 0.6 is 0 Å². The van der Waals surface area contributed by atoms with Gasteiger partial charge in [0.2, 0.25) is 0 Å². The third kappa shape index (κ3) is 3.17. The van der Waals surface area contributed by atoms with Crippen molar-refractivity contribution in [2.24, 2.45) is 0 Å². The summed E-state index contributed by atoms with van der Waals surface area (Å²) in [6.45, 7) is 0.591. The average molecular weight is 310 g/mol. The van der Waals surface area contributed by atoms with Crippen molar-refractivity contribution in [1.82, 2.24) is 14.3 Å². The molecule has 0 unspecified atom stereocenters. The summed E-state index contributed by atoms with van der Waals surface area (Å²) < 4.78 is 1.91. The van der Waals surface area contributed by atoms with Crippen LogP contribution in [0.3, 0.4) is 0 Å². The summed E-state index contributed by atoms with van der Waals surface area (Å²) in [4.78, 5) is 19.0. The van der Waals surface area contributed by atoms with E-state index >= 15 is 0 Å². The molecule has 23 heavy (non-hydrogen) atoms. The first-order valence-corrected chi connectivity index (χ1v) is 7.25. The van der Waals surface area contributed by atoms with Crippen molar-refractivity contribution < 1.29 is 9.90 Å². The van der Waals surface area contributed by atoms with Crippen LogP contribution in [0.15, 0.2) is 48.7 Å². The SMILES string of the molecule is CN(C)Cc1c(C(=O)Nc2cccc(O)c2)nc2ccccn12. The number of hydrogen-bond acceptors (Lipinski definition) is 4. The second-order valence-electron chi connectivity index (χ2n) is 5.58. The Kier molecular flexibility index (Phi) is 3.99. The normalized spacial score (nSPS) is 11.1. The number of aromatic hydroxyl groups is 1. The number of aromatic nitrogens is 2. The lowest BCUT2D eigenvalue weighted by molar-refractivity contribution is 0.102. The Morgan fingerprint density at radius 1 is 1.26 bits per heavy atom. The van der Waals surface area contributed by atoms with Crippen LogP contribution in [0.5, 0.6) is 5.75 Å². The van der Waals surface area contributed by atoms with Crippen LogP contribution in [0.2, 0.25) is 0 Å². The molecule has 0 spiro atoms. The van der Waals surface area contributed by atoms with Crippen molar-refractivity contribution in [3.63, 3.8) is 0 Å². The second-order valence-corrected chi connectivity index (χ2v) is 5.58. The number of imidazole rings is 1. The summed E-state index contributed by atoms with van der Waals surface area (Å²) >= 11 is 0. The number of anilines is 1. The lowest BCUT2D eigenvalue weighted by Crippen LogP contribution is -2.19. The number of phenolic OH excluding ortho intramolecular Hbond substituents is 1. The smallest absolute Gasteiger partial charge is 0.276 e. The minimum Gasteiger partial charge on any atom is -0.508 e. The van der Waals surface area contributed by atoms with Gasteiger partial charge in [0.15, 0.2) is 5.69 Å². The Hall–Kier alpha value is -2.86. The number of fused-ring (bicyclic) bond motifs is 1. The molecule has 0 fully saturated rings. The molecule has 0 aliphatic heterocycles. The number of hydrogen-bond donors (Lipinski definition) is 2. The van der Waals surface area contributed by atoms with Gasteiger partial charge in [-0.2, -0.15) is 0 Å². The van der Waals surface area contributed by atoms with Crippen molar-refractivity contribution >= 4 is 17.2 Å². The summed E-state index contributed by atoms with van der Waals surface area (Å²) in [6.07, 6.45) is 1.90. The number of carbonyl (C=O) groups is 1. The van der Waals surface area contributed by atoms with E-state index in [1.165, 1.54) is 6.07 Å². The number of nitrogens with one attached hydrogen (secondary N) is 1. The highest BCUT2D eigenvalue weighted by Gasteiger charge is 2.19. The zero-order valence-corrected chi connectivity index (χ0v) is 13.0. The molecular weight excluding hydrogens is 292 g/mol. The minimum atomic E-state index is -0.295. The average Bonchev–Trinajstić information content (AvgIpc) is 2.86. The highest BCUT2D eigenvalue weighted by Crippen LogP contribution is 2.19. The monoisotopic (exact) mass is 310 g/mol. The second kappa shape index (κ2) is 6.10. The van der Waals surface area contributed by atoms with Crippen LogP contribution < -0.4 is 5.32 Å². The molecule has 2 N–H and O–H groups in total. The molecule has 2 heterocycles. The van der Waals surface area contributed by atoms with Gasteiger partial charge in [0.05, 0.1) is 5.69 Å². The van der Waals surface area contributed by atoms with E-state index in [0.29, 0.717) is 17.9 Å². The third-order valence-corrected chi connectivity index (χ3v) is 3.41. The van der Waals surface area contributed by atoms with E-state index < -0.39 is 0 Å². The zero-order chi connectivity index (χ0) is 16.4. The fourth-order valence-corrected chi connectivity index (χ4v) is 2.45. The molecule has 3 rings (SSSR count). The first-order valence-electron chi connectivity index (χ1n) is 7.25. The first-order chi connectivity index (χ1) is 11.0. The van der Waals surface area contributed by atoms with Crippen molar-refractivity contribution in [2.75, 3.05) is 19.4 Å². The quantitative estimate of drug-likeness (QED) is 0.776. The molecule has 1 aromatic carbocycles. The number of pyridine rings is 1. The van der Waals surface area contributed by atoms with Crippen LogP contribution in [-0.2, 0) is 6.54 Å². The largest absolute Gasteiger partial charge is 0.508 e. The Bertz CT molecular complexity index is 855. The molecule has 1 amide bonds. The van der Waals surface area contributed by atoms with E-state index in [1.54, 1.807) is 18.2 Å². The molecule has 6 heteroatoms. The number of rotatable bonds is 4. The number of carbonyl (C=O) groups excluding carboxylic acids is 1. The summed E-state index contributed by atoms with van der Waals surface area (Å²) in [5.41, 5.74) is 2.46. The van der Waals surface area contributed by atoms with Crippen LogP contribution in [0.1, 0.15) is 16.2 Å². The van der Waals surface area contributed by atoms with Gasteiger partial charge in [0.25, 0.3) is 5.91 Å².